The van der Waals surface area contributed by atoms with Gasteiger partial charge in [-0.3, -0.25) is 9.20 Å². The van der Waals surface area contributed by atoms with E-state index in [-0.39, 0.29) is 11.7 Å². The Morgan fingerprint density at radius 2 is 2.07 bits per heavy atom. The van der Waals surface area contributed by atoms with Crippen LogP contribution < -0.4 is 5.32 Å². The first-order chi connectivity index (χ1) is 13.1. The molecule has 0 aliphatic carbocycles. The van der Waals surface area contributed by atoms with Gasteiger partial charge in [0.05, 0.1) is 11.1 Å². The molecule has 1 amide bonds. The molecule has 4 rings (SSSR count). The Kier molecular flexibility index (Phi) is 4.84. The number of rotatable bonds is 5. The normalized spacial score (nSPS) is 11.4. The van der Waals surface area contributed by atoms with Crippen LogP contribution in [0.4, 0.5) is 5.69 Å². The van der Waals surface area contributed by atoms with Gasteiger partial charge in [0.1, 0.15) is 11.2 Å². The molecule has 3 heterocycles. The number of thioether (sulfide) groups is 1. The summed E-state index contributed by atoms with van der Waals surface area (Å²) in [6, 6.07) is 7.86. The second kappa shape index (κ2) is 7.28. The summed E-state index contributed by atoms with van der Waals surface area (Å²) in [6.45, 7) is 6.24. The third kappa shape index (κ3) is 3.30. The van der Waals surface area contributed by atoms with Crippen LogP contribution in [0.3, 0.4) is 0 Å². The summed E-state index contributed by atoms with van der Waals surface area (Å²) in [4.78, 5) is 19.1. The van der Waals surface area contributed by atoms with Crippen molar-refractivity contribution in [3.05, 3.63) is 46.6 Å². The molecule has 4 aromatic rings. The highest BCUT2D eigenvalue weighted by Gasteiger charge is 2.16. The second-order valence-corrected chi connectivity index (χ2v) is 8.38. The highest BCUT2D eigenvalue weighted by atomic mass is 32.2. The Morgan fingerprint density at radius 3 is 2.89 bits per heavy atom. The second-order valence-electron chi connectivity index (χ2n) is 6.23. The quantitative estimate of drug-likeness (QED) is 0.510. The minimum atomic E-state index is -0.0609. The number of carbonyl (C=O) groups excluding carboxylic acids is 1. The van der Waals surface area contributed by atoms with Gasteiger partial charge in [-0.05, 0) is 37.5 Å². The number of hydrogen-bond acceptors (Lipinski definition) is 6. The van der Waals surface area contributed by atoms with Crippen molar-refractivity contribution < 1.29 is 4.79 Å². The van der Waals surface area contributed by atoms with E-state index in [1.807, 2.05) is 28.7 Å². The number of benzene rings is 1. The lowest BCUT2D eigenvalue weighted by Crippen LogP contribution is -2.15. The van der Waals surface area contributed by atoms with Crippen molar-refractivity contribution in [1.82, 2.24) is 19.6 Å². The number of carbonyl (C=O) groups is 1. The lowest BCUT2D eigenvalue weighted by Gasteiger charge is -2.09. The van der Waals surface area contributed by atoms with Crippen LogP contribution in [0.25, 0.3) is 15.9 Å². The zero-order valence-electron chi connectivity index (χ0n) is 15.3. The number of aryl methyl sites for hydroxylation is 3. The summed E-state index contributed by atoms with van der Waals surface area (Å²) in [5.41, 5.74) is 3.97. The molecule has 1 N–H and O–H groups in total. The van der Waals surface area contributed by atoms with Crippen molar-refractivity contribution in [2.45, 2.75) is 32.3 Å². The summed E-state index contributed by atoms with van der Waals surface area (Å²) in [6.07, 6.45) is 2.61. The summed E-state index contributed by atoms with van der Waals surface area (Å²) in [5, 5.41) is 13.3. The maximum atomic E-state index is 12.4. The van der Waals surface area contributed by atoms with E-state index in [4.69, 9.17) is 0 Å². The van der Waals surface area contributed by atoms with Crippen LogP contribution in [-0.2, 0) is 11.2 Å². The molecular formula is C19H19N5OS2. The first kappa shape index (κ1) is 17.9. The molecule has 1 aromatic carbocycles. The van der Waals surface area contributed by atoms with Crippen molar-refractivity contribution in [3.63, 3.8) is 0 Å². The molecule has 0 bridgehead atoms. The van der Waals surface area contributed by atoms with Crippen LogP contribution >= 0.6 is 23.1 Å². The summed E-state index contributed by atoms with van der Waals surface area (Å²) in [5.74, 6) is 0.202. The Morgan fingerprint density at radius 1 is 1.26 bits per heavy atom. The van der Waals surface area contributed by atoms with Crippen LogP contribution in [-0.4, -0.2) is 31.2 Å². The molecule has 8 heteroatoms. The van der Waals surface area contributed by atoms with Crippen molar-refractivity contribution in [3.8, 4) is 0 Å². The number of nitrogens with zero attached hydrogens (tertiary/aromatic N) is 4. The smallest absolute Gasteiger partial charge is 0.234 e. The van der Waals surface area contributed by atoms with E-state index in [1.165, 1.54) is 22.2 Å². The summed E-state index contributed by atoms with van der Waals surface area (Å²) >= 11 is 3.02. The van der Waals surface area contributed by atoms with Crippen molar-refractivity contribution >= 4 is 50.6 Å². The minimum absolute atomic E-state index is 0.0609. The van der Waals surface area contributed by atoms with E-state index in [1.54, 1.807) is 17.7 Å². The number of para-hydroxylation sites is 1. The number of fused-ring (bicyclic) bond motifs is 3. The fourth-order valence-corrected chi connectivity index (χ4v) is 4.69. The van der Waals surface area contributed by atoms with Gasteiger partial charge in [0.25, 0.3) is 0 Å². The molecule has 0 aliphatic heterocycles. The standard InChI is InChI=1S/C19H19N5OS2/c1-4-13-7-5-6-8-14(13)21-15(25)9-26-19-23-22-17-16-11(2)12(3)27-18(16)20-10-24(17)19/h5-8,10H,4,9H2,1-3H3,(H,21,25). The van der Waals surface area contributed by atoms with Gasteiger partial charge >= 0.3 is 0 Å². The van der Waals surface area contributed by atoms with Gasteiger partial charge in [-0.25, -0.2) is 4.98 Å². The predicted octanol–water partition coefficient (Wildman–Crippen LogP) is 4.25. The molecule has 0 atom stereocenters. The molecule has 27 heavy (non-hydrogen) atoms. The van der Waals surface area contributed by atoms with Crippen molar-refractivity contribution in [1.29, 1.82) is 0 Å². The Hall–Kier alpha value is -2.45. The van der Waals surface area contributed by atoms with Crippen molar-refractivity contribution in [2.75, 3.05) is 11.1 Å². The van der Waals surface area contributed by atoms with Crippen LogP contribution in [0.1, 0.15) is 22.9 Å². The van der Waals surface area contributed by atoms with Crippen LogP contribution in [0.15, 0.2) is 35.7 Å². The van der Waals surface area contributed by atoms with Gasteiger partial charge in [-0.1, -0.05) is 36.9 Å². The number of anilines is 1. The number of nitrogens with one attached hydrogen (secondary N) is 1. The van der Waals surface area contributed by atoms with E-state index < -0.39 is 0 Å². The maximum absolute atomic E-state index is 12.4. The Bertz CT molecular complexity index is 1150. The van der Waals surface area contributed by atoms with Gasteiger partial charge in [0.15, 0.2) is 10.8 Å². The molecule has 0 unspecified atom stereocenters. The molecule has 0 fully saturated rings. The third-order valence-electron chi connectivity index (χ3n) is 4.55. The molecule has 0 spiro atoms. The molecule has 138 valence electrons. The average molecular weight is 398 g/mol. The molecule has 3 aromatic heterocycles. The lowest BCUT2D eigenvalue weighted by atomic mass is 10.1. The summed E-state index contributed by atoms with van der Waals surface area (Å²) in [7, 11) is 0. The SMILES string of the molecule is CCc1ccccc1NC(=O)CSc1nnc2c3c(C)c(C)sc3ncn12. The van der Waals surface area contributed by atoms with Gasteiger partial charge in [0, 0.05) is 10.6 Å². The Labute approximate surface area is 165 Å². The maximum Gasteiger partial charge on any atom is 0.234 e. The van der Waals surface area contributed by atoms with E-state index in [0.29, 0.717) is 5.16 Å². The van der Waals surface area contributed by atoms with Gasteiger partial charge in [-0.2, -0.15) is 0 Å². The topological polar surface area (TPSA) is 72.2 Å². The number of hydrogen-bond donors (Lipinski definition) is 1. The molecule has 0 saturated heterocycles. The zero-order chi connectivity index (χ0) is 19.0. The highest BCUT2D eigenvalue weighted by molar-refractivity contribution is 7.99. The van der Waals surface area contributed by atoms with Crippen LogP contribution in [0.5, 0.6) is 0 Å². The average Bonchev–Trinajstić information content (AvgIpc) is 3.21. The summed E-state index contributed by atoms with van der Waals surface area (Å²) < 4.78 is 1.86. The number of amides is 1. The van der Waals surface area contributed by atoms with Crippen molar-refractivity contribution in [2.24, 2.45) is 0 Å². The molecule has 0 saturated carbocycles. The van der Waals surface area contributed by atoms with E-state index in [0.717, 1.165) is 33.5 Å². The van der Waals surface area contributed by atoms with E-state index in [9.17, 15) is 4.79 Å². The third-order valence-corrected chi connectivity index (χ3v) is 6.61. The lowest BCUT2D eigenvalue weighted by molar-refractivity contribution is -0.113. The molecular weight excluding hydrogens is 378 g/mol. The Balaban J connectivity index is 1.54. The first-order valence-corrected chi connectivity index (χ1v) is 10.5. The monoisotopic (exact) mass is 397 g/mol. The zero-order valence-corrected chi connectivity index (χ0v) is 16.9. The van der Waals surface area contributed by atoms with Crippen LogP contribution in [0, 0.1) is 13.8 Å². The number of thiophene rings is 1. The van der Waals surface area contributed by atoms with Crippen LogP contribution in [0.2, 0.25) is 0 Å². The minimum Gasteiger partial charge on any atom is -0.325 e. The molecule has 6 nitrogen and oxygen atoms in total. The fraction of sp³-hybridized carbons (Fsp3) is 0.263. The van der Waals surface area contributed by atoms with E-state index >= 15 is 0 Å². The highest BCUT2D eigenvalue weighted by Crippen LogP contribution is 2.32. The fourth-order valence-electron chi connectivity index (χ4n) is 2.99. The van der Waals surface area contributed by atoms with E-state index in [2.05, 4.69) is 41.3 Å². The first-order valence-electron chi connectivity index (χ1n) is 8.68. The van der Waals surface area contributed by atoms with Gasteiger partial charge < -0.3 is 5.32 Å². The largest absolute Gasteiger partial charge is 0.325 e. The predicted molar refractivity (Wildman–Crippen MR) is 111 cm³/mol. The van der Waals surface area contributed by atoms with Gasteiger partial charge in [0.2, 0.25) is 5.91 Å². The molecule has 0 radical (unpaired) electrons. The van der Waals surface area contributed by atoms with Gasteiger partial charge in [-0.15, -0.1) is 21.5 Å². The number of aromatic nitrogens is 4. The molecule has 0 aliphatic rings.